The summed E-state index contributed by atoms with van der Waals surface area (Å²) < 4.78 is 0. The van der Waals surface area contributed by atoms with Crippen molar-refractivity contribution in [2.24, 2.45) is 0 Å². The molecule has 1 aromatic carbocycles. The van der Waals surface area contributed by atoms with Gasteiger partial charge in [-0.3, -0.25) is 0 Å². The first-order valence-electron chi connectivity index (χ1n) is 7.15. The molecule has 0 heterocycles. The van der Waals surface area contributed by atoms with Crippen molar-refractivity contribution < 1.29 is 0 Å². The van der Waals surface area contributed by atoms with Crippen LogP contribution in [0.15, 0.2) is 36.9 Å². The molecule has 0 unspecified atom stereocenters. The van der Waals surface area contributed by atoms with Gasteiger partial charge in [0.2, 0.25) is 0 Å². The van der Waals surface area contributed by atoms with Crippen LogP contribution in [0, 0.1) is 0 Å². The van der Waals surface area contributed by atoms with Crippen molar-refractivity contribution in [1.82, 2.24) is 4.90 Å². The summed E-state index contributed by atoms with van der Waals surface area (Å²) in [6, 6.07) is 8.16. The van der Waals surface area contributed by atoms with E-state index in [0.717, 1.165) is 22.4 Å². The van der Waals surface area contributed by atoms with E-state index >= 15 is 0 Å². The zero-order valence-corrected chi connectivity index (χ0v) is 13.2. The molecule has 1 fully saturated rings. The minimum absolute atomic E-state index is 0.536. The van der Waals surface area contributed by atoms with Crippen molar-refractivity contribution in [3.63, 3.8) is 0 Å². The lowest BCUT2D eigenvalue weighted by Gasteiger charge is -2.35. The summed E-state index contributed by atoms with van der Waals surface area (Å²) in [6.45, 7) is 4.65. The number of nitrogens with zero attached hydrogens (tertiary/aromatic N) is 1. The molecule has 4 heteroatoms. The molecule has 1 aliphatic carbocycles. The average molecular weight is 309 g/mol. The maximum atomic E-state index is 5.90. The van der Waals surface area contributed by atoms with E-state index in [4.69, 9.17) is 23.8 Å². The van der Waals surface area contributed by atoms with Gasteiger partial charge in [-0.25, -0.2) is 0 Å². The number of nitrogens with one attached hydrogen (secondary N) is 1. The Morgan fingerprint density at radius 3 is 2.55 bits per heavy atom. The number of anilines is 1. The van der Waals surface area contributed by atoms with Crippen LogP contribution in [0.4, 0.5) is 5.69 Å². The highest BCUT2D eigenvalue weighted by molar-refractivity contribution is 7.80. The van der Waals surface area contributed by atoms with E-state index in [1.165, 1.54) is 32.1 Å². The molecule has 108 valence electrons. The number of thiocarbonyl (C=S) groups is 1. The molecule has 1 aliphatic rings. The lowest BCUT2D eigenvalue weighted by molar-refractivity contribution is 0.263. The second-order valence-electron chi connectivity index (χ2n) is 5.17. The van der Waals surface area contributed by atoms with Gasteiger partial charge in [0.1, 0.15) is 0 Å². The van der Waals surface area contributed by atoms with Gasteiger partial charge >= 0.3 is 0 Å². The molecule has 1 N–H and O–H groups in total. The molecule has 0 spiro atoms. The summed E-state index contributed by atoms with van der Waals surface area (Å²) in [7, 11) is 0. The van der Waals surface area contributed by atoms with E-state index in [-0.39, 0.29) is 0 Å². The van der Waals surface area contributed by atoms with Crippen LogP contribution in [0.3, 0.4) is 0 Å². The van der Waals surface area contributed by atoms with E-state index in [9.17, 15) is 0 Å². The van der Waals surface area contributed by atoms with Crippen molar-refractivity contribution in [2.75, 3.05) is 11.9 Å². The highest BCUT2D eigenvalue weighted by Crippen LogP contribution is 2.23. The maximum Gasteiger partial charge on any atom is 0.173 e. The number of rotatable bonds is 4. The standard InChI is InChI=1S/C16H21ClN2S/c1-2-12-19(15-6-4-3-5-7-15)16(20)18-14-10-8-13(17)9-11-14/h2,8-11,15H,1,3-7,12H2,(H,18,20). The van der Waals surface area contributed by atoms with Gasteiger partial charge in [-0.1, -0.05) is 36.9 Å². The average Bonchev–Trinajstić information content (AvgIpc) is 2.48. The minimum Gasteiger partial charge on any atom is -0.342 e. The first kappa shape index (κ1) is 15.3. The molecule has 0 atom stereocenters. The van der Waals surface area contributed by atoms with E-state index in [1.54, 1.807) is 0 Å². The molecule has 0 radical (unpaired) electrons. The topological polar surface area (TPSA) is 15.3 Å². The van der Waals surface area contributed by atoms with E-state index < -0.39 is 0 Å². The van der Waals surface area contributed by atoms with E-state index in [0.29, 0.717) is 6.04 Å². The van der Waals surface area contributed by atoms with E-state index in [1.807, 2.05) is 30.3 Å². The fourth-order valence-electron chi connectivity index (χ4n) is 2.66. The lowest BCUT2D eigenvalue weighted by Crippen LogP contribution is -2.43. The van der Waals surface area contributed by atoms with E-state index in [2.05, 4.69) is 16.8 Å². The molecule has 0 aliphatic heterocycles. The van der Waals surface area contributed by atoms with Gasteiger partial charge in [0.05, 0.1) is 0 Å². The van der Waals surface area contributed by atoms with Crippen molar-refractivity contribution in [2.45, 2.75) is 38.1 Å². The van der Waals surface area contributed by atoms with Gasteiger partial charge < -0.3 is 10.2 Å². The predicted octanol–water partition coefficient (Wildman–Crippen LogP) is 4.86. The van der Waals surface area contributed by atoms with Gasteiger partial charge in [0, 0.05) is 23.3 Å². The Balaban J connectivity index is 2.02. The summed E-state index contributed by atoms with van der Waals surface area (Å²) in [5.74, 6) is 0. The lowest BCUT2D eigenvalue weighted by atomic mass is 9.94. The summed E-state index contributed by atoms with van der Waals surface area (Å²) in [6.07, 6.45) is 8.29. The normalized spacial score (nSPS) is 15.7. The zero-order valence-electron chi connectivity index (χ0n) is 11.6. The van der Waals surface area contributed by atoms with Crippen molar-refractivity contribution in [1.29, 1.82) is 0 Å². The fraction of sp³-hybridized carbons (Fsp3) is 0.438. The molecule has 20 heavy (non-hydrogen) atoms. The van der Waals surface area contributed by atoms with Crippen LogP contribution in [0.2, 0.25) is 5.02 Å². The summed E-state index contributed by atoms with van der Waals surface area (Å²) >= 11 is 11.5. The maximum absolute atomic E-state index is 5.90. The van der Waals surface area contributed by atoms with Gasteiger partial charge in [0.15, 0.2) is 5.11 Å². The van der Waals surface area contributed by atoms with Crippen LogP contribution in [0.5, 0.6) is 0 Å². The molecule has 2 rings (SSSR count). The highest BCUT2D eigenvalue weighted by Gasteiger charge is 2.22. The Labute approximate surface area is 131 Å². The van der Waals surface area contributed by atoms with Crippen molar-refractivity contribution >= 4 is 34.6 Å². The van der Waals surface area contributed by atoms with Crippen LogP contribution >= 0.6 is 23.8 Å². The number of hydrogen-bond donors (Lipinski definition) is 1. The Morgan fingerprint density at radius 2 is 1.95 bits per heavy atom. The Morgan fingerprint density at radius 1 is 1.30 bits per heavy atom. The monoisotopic (exact) mass is 308 g/mol. The molecule has 0 bridgehead atoms. The second kappa shape index (κ2) is 7.65. The smallest absolute Gasteiger partial charge is 0.173 e. The molecular weight excluding hydrogens is 288 g/mol. The Kier molecular flexibility index (Phi) is 5.86. The van der Waals surface area contributed by atoms with Crippen LogP contribution in [-0.4, -0.2) is 22.6 Å². The van der Waals surface area contributed by atoms with Crippen molar-refractivity contribution in [3.8, 4) is 0 Å². The summed E-state index contributed by atoms with van der Waals surface area (Å²) in [5.41, 5.74) is 0.976. The zero-order chi connectivity index (χ0) is 14.4. The molecule has 1 aromatic rings. The predicted molar refractivity (Wildman–Crippen MR) is 91.4 cm³/mol. The largest absolute Gasteiger partial charge is 0.342 e. The SMILES string of the molecule is C=CCN(C(=S)Nc1ccc(Cl)cc1)C1CCCCC1. The quantitative estimate of drug-likeness (QED) is 0.632. The van der Waals surface area contributed by atoms with Gasteiger partial charge in [-0.2, -0.15) is 0 Å². The first-order valence-corrected chi connectivity index (χ1v) is 7.93. The molecule has 0 saturated heterocycles. The minimum atomic E-state index is 0.536. The highest BCUT2D eigenvalue weighted by atomic mass is 35.5. The molecule has 0 amide bonds. The second-order valence-corrected chi connectivity index (χ2v) is 5.99. The Hall–Kier alpha value is -1.06. The third kappa shape index (κ3) is 4.22. The molecule has 1 saturated carbocycles. The van der Waals surface area contributed by atoms with Crippen LogP contribution in [0.25, 0.3) is 0 Å². The third-order valence-corrected chi connectivity index (χ3v) is 4.29. The number of hydrogen-bond acceptors (Lipinski definition) is 1. The van der Waals surface area contributed by atoms with Crippen LogP contribution in [-0.2, 0) is 0 Å². The number of benzene rings is 1. The molecule has 2 nitrogen and oxygen atoms in total. The van der Waals surface area contributed by atoms with Crippen LogP contribution in [0.1, 0.15) is 32.1 Å². The van der Waals surface area contributed by atoms with Gasteiger partial charge in [0.25, 0.3) is 0 Å². The first-order chi connectivity index (χ1) is 9.70. The fourth-order valence-corrected chi connectivity index (χ4v) is 3.13. The molecule has 0 aromatic heterocycles. The molecular formula is C16H21ClN2S. The van der Waals surface area contributed by atoms with Crippen molar-refractivity contribution in [3.05, 3.63) is 41.9 Å². The number of halogens is 1. The summed E-state index contributed by atoms with van der Waals surface area (Å²) in [4.78, 5) is 2.26. The Bertz CT molecular complexity index is 452. The van der Waals surface area contributed by atoms with Gasteiger partial charge in [-0.15, -0.1) is 6.58 Å². The van der Waals surface area contributed by atoms with Gasteiger partial charge in [-0.05, 0) is 49.3 Å². The summed E-state index contributed by atoms with van der Waals surface area (Å²) in [5, 5.41) is 4.81. The van der Waals surface area contributed by atoms with Crippen LogP contribution < -0.4 is 5.32 Å². The third-order valence-electron chi connectivity index (χ3n) is 3.70.